The highest BCUT2D eigenvalue weighted by atomic mass is 16.1. The number of hydrogen-bond acceptors (Lipinski definition) is 3. The number of carbonyl (C=O) groups is 1. The van der Waals surface area contributed by atoms with Crippen LogP contribution >= 0.6 is 0 Å². The van der Waals surface area contributed by atoms with E-state index in [1.165, 1.54) is 0 Å². The van der Waals surface area contributed by atoms with Crippen LogP contribution in [0, 0.1) is 0 Å². The van der Waals surface area contributed by atoms with Gasteiger partial charge in [0.1, 0.15) is 11.6 Å². The van der Waals surface area contributed by atoms with Crippen molar-refractivity contribution in [2.24, 2.45) is 0 Å². The Kier molecular flexibility index (Phi) is 3.73. The van der Waals surface area contributed by atoms with Crippen LogP contribution in [0.1, 0.15) is 48.2 Å². The van der Waals surface area contributed by atoms with Crippen LogP contribution in [0.4, 0.5) is 0 Å². The third-order valence-corrected chi connectivity index (χ3v) is 3.86. The Bertz CT molecular complexity index is 633. The molecule has 1 N–H and O–H groups in total. The smallest absolute Gasteiger partial charge is 0.251 e. The highest BCUT2D eigenvalue weighted by Crippen LogP contribution is 2.20. The second kappa shape index (κ2) is 5.68. The Hall–Kier alpha value is -2.17. The Morgan fingerprint density at radius 2 is 2.05 bits per heavy atom. The molecule has 0 saturated heterocycles. The van der Waals surface area contributed by atoms with Gasteiger partial charge in [0.25, 0.3) is 5.91 Å². The predicted octanol–water partition coefficient (Wildman–Crippen LogP) is 2.15. The molecule has 3 rings (SSSR count). The molecule has 2 heterocycles. The van der Waals surface area contributed by atoms with Crippen molar-refractivity contribution >= 4 is 5.91 Å². The second-order valence-corrected chi connectivity index (χ2v) is 5.81. The van der Waals surface area contributed by atoms with Crippen molar-refractivity contribution < 1.29 is 4.79 Å². The van der Waals surface area contributed by atoms with Crippen LogP contribution in [0.3, 0.4) is 0 Å². The van der Waals surface area contributed by atoms with E-state index in [9.17, 15) is 4.79 Å². The number of carbonyl (C=O) groups excluding carboxylic acids is 1. The van der Waals surface area contributed by atoms with Gasteiger partial charge in [-0.1, -0.05) is 32.0 Å². The van der Waals surface area contributed by atoms with Crippen LogP contribution in [0.5, 0.6) is 0 Å². The van der Waals surface area contributed by atoms with Gasteiger partial charge < -0.3 is 9.88 Å². The summed E-state index contributed by atoms with van der Waals surface area (Å²) in [6, 6.07) is 9.48. The zero-order chi connectivity index (χ0) is 14.8. The minimum absolute atomic E-state index is 0.0109. The number of amides is 1. The summed E-state index contributed by atoms with van der Waals surface area (Å²) in [7, 11) is 0. The van der Waals surface area contributed by atoms with E-state index in [2.05, 4.69) is 33.9 Å². The SMILES string of the molecule is CC(C)c1nnc2n1CC(NC(=O)c1ccccc1)CC2. The first-order chi connectivity index (χ1) is 10.1. The first-order valence-corrected chi connectivity index (χ1v) is 7.43. The lowest BCUT2D eigenvalue weighted by atomic mass is 10.1. The van der Waals surface area contributed by atoms with Crippen molar-refractivity contribution in [3.8, 4) is 0 Å². The summed E-state index contributed by atoms with van der Waals surface area (Å²) in [6.07, 6.45) is 1.77. The van der Waals surface area contributed by atoms with Crippen molar-refractivity contribution in [3.63, 3.8) is 0 Å². The molecule has 21 heavy (non-hydrogen) atoms. The third-order valence-electron chi connectivity index (χ3n) is 3.86. The van der Waals surface area contributed by atoms with E-state index in [1.807, 2.05) is 30.3 Å². The van der Waals surface area contributed by atoms with Gasteiger partial charge in [-0.05, 0) is 18.6 Å². The van der Waals surface area contributed by atoms with E-state index >= 15 is 0 Å². The number of hydrogen-bond donors (Lipinski definition) is 1. The van der Waals surface area contributed by atoms with Crippen molar-refractivity contribution in [3.05, 3.63) is 47.5 Å². The molecule has 110 valence electrons. The van der Waals surface area contributed by atoms with Gasteiger partial charge in [-0.3, -0.25) is 4.79 Å². The first-order valence-electron chi connectivity index (χ1n) is 7.43. The van der Waals surface area contributed by atoms with Crippen molar-refractivity contribution in [2.75, 3.05) is 0 Å². The van der Waals surface area contributed by atoms with Crippen molar-refractivity contribution in [1.29, 1.82) is 0 Å². The first kappa shape index (κ1) is 13.8. The normalized spacial score (nSPS) is 17.6. The predicted molar refractivity (Wildman–Crippen MR) is 80.1 cm³/mol. The maximum atomic E-state index is 12.2. The van der Waals surface area contributed by atoms with E-state index in [0.717, 1.165) is 31.0 Å². The van der Waals surface area contributed by atoms with Gasteiger partial charge in [0.15, 0.2) is 0 Å². The number of aromatic nitrogens is 3. The van der Waals surface area contributed by atoms with Crippen LogP contribution in [-0.4, -0.2) is 26.7 Å². The molecule has 0 bridgehead atoms. The molecule has 1 aliphatic rings. The monoisotopic (exact) mass is 284 g/mol. The summed E-state index contributed by atoms with van der Waals surface area (Å²) in [6.45, 7) is 4.99. The molecule has 1 aromatic heterocycles. The quantitative estimate of drug-likeness (QED) is 0.939. The molecule has 0 saturated carbocycles. The summed E-state index contributed by atoms with van der Waals surface area (Å²) in [5.41, 5.74) is 0.705. The van der Waals surface area contributed by atoms with Crippen LogP contribution in [0.25, 0.3) is 0 Å². The summed E-state index contributed by atoms with van der Waals surface area (Å²) in [5.74, 6) is 2.37. The summed E-state index contributed by atoms with van der Waals surface area (Å²) in [4.78, 5) is 12.2. The third kappa shape index (κ3) is 2.82. The highest BCUT2D eigenvalue weighted by molar-refractivity contribution is 5.94. The van der Waals surface area contributed by atoms with Crippen LogP contribution in [-0.2, 0) is 13.0 Å². The number of rotatable bonds is 3. The summed E-state index contributed by atoms with van der Waals surface area (Å²) in [5, 5.41) is 11.6. The summed E-state index contributed by atoms with van der Waals surface area (Å²) >= 11 is 0. The molecule has 0 radical (unpaired) electrons. The number of aryl methyl sites for hydroxylation is 1. The molecule has 1 aromatic carbocycles. The molecule has 0 aliphatic carbocycles. The standard InChI is InChI=1S/C16H20N4O/c1-11(2)15-19-18-14-9-8-13(10-20(14)15)17-16(21)12-6-4-3-5-7-12/h3-7,11,13H,8-10H2,1-2H3,(H,17,21). The van der Waals surface area contributed by atoms with Gasteiger partial charge in [0.2, 0.25) is 0 Å². The zero-order valence-corrected chi connectivity index (χ0v) is 12.4. The lowest BCUT2D eigenvalue weighted by molar-refractivity contribution is 0.0927. The van der Waals surface area contributed by atoms with Gasteiger partial charge in [-0.2, -0.15) is 0 Å². The molecule has 1 aliphatic heterocycles. The molecular weight excluding hydrogens is 264 g/mol. The van der Waals surface area contributed by atoms with E-state index in [4.69, 9.17) is 0 Å². The lowest BCUT2D eigenvalue weighted by Gasteiger charge is -2.26. The van der Waals surface area contributed by atoms with Gasteiger partial charge in [0, 0.05) is 30.5 Å². The average molecular weight is 284 g/mol. The molecule has 1 atom stereocenters. The van der Waals surface area contributed by atoms with E-state index in [1.54, 1.807) is 0 Å². The Morgan fingerprint density at radius 3 is 2.76 bits per heavy atom. The van der Waals surface area contributed by atoms with Gasteiger partial charge in [-0.25, -0.2) is 0 Å². The number of nitrogens with zero attached hydrogens (tertiary/aromatic N) is 3. The van der Waals surface area contributed by atoms with Crippen LogP contribution in [0.2, 0.25) is 0 Å². The van der Waals surface area contributed by atoms with Crippen molar-refractivity contribution in [2.45, 2.75) is 45.2 Å². The minimum Gasteiger partial charge on any atom is -0.347 e. The maximum Gasteiger partial charge on any atom is 0.251 e. The van der Waals surface area contributed by atoms with E-state index in [0.29, 0.717) is 11.5 Å². The summed E-state index contributed by atoms with van der Waals surface area (Å²) < 4.78 is 2.16. The molecule has 0 spiro atoms. The minimum atomic E-state index is -0.0109. The lowest BCUT2D eigenvalue weighted by Crippen LogP contribution is -2.41. The van der Waals surface area contributed by atoms with E-state index < -0.39 is 0 Å². The topological polar surface area (TPSA) is 59.8 Å². The Balaban J connectivity index is 1.72. The zero-order valence-electron chi connectivity index (χ0n) is 12.4. The number of fused-ring (bicyclic) bond motifs is 1. The molecule has 5 heteroatoms. The fourth-order valence-corrected chi connectivity index (χ4v) is 2.75. The van der Waals surface area contributed by atoms with Crippen LogP contribution in [0.15, 0.2) is 30.3 Å². The number of nitrogens with one attached hydrogen (secondary N) is 1. The highest BCUT2D eigenvalue weighted by Gasteiger charge is 2.25. The Labute approximate surface area is 124 Å². The van der Waals surface area contributed by atoms with E-state index in [-0.39, 0.29) is 11.9 Å². The van der Waals surface area contributed by atoms with Crippen LogP contribution < -0.4 is 5.32 Å². The number of benzene rings is 1. The second-order valence-electron chi connectivity index (χ2n) is 5.81. The fourth-order valence-electron chi connectivity index (χ4n) is 2.75. The molecule has 0 fully saturated rings. The van der Waals surface area contributed by atoms with Crippen molar-refractivity contribution in [1.82, 2.24) is 20.1 Å². The van der Waals surface area contributed by atoms with Gasteiger partial charge in [-0.15, -0.1) is 10.2 Å². The molecule has 1 unspecified atom stereocenters. The largest absolute Gasteiger partial charge is 0.347 e. The fraction of sp³-hybridized carbons (Fsp3) is 0.438. The molecule has 1 amide bonds. The molecule has 2 aromatic rings. The van der Waals surface area contributed by atoms with Gasteiger partial charge >= 0.3 is 0 Å². The average Bonchev–Trinajstić information content (AvgIpc) is 2.91. The Morgan fingerprint density at radius 1 is 1.29 bits per heavy atom. The maximum absolute atomic E-state index is 12.2. The van der Waals surface area contributed by atoms with Gasteiger partial charge in [0.05, 0.1) is 0 Å². The molecular formula is C16H20N4O. The molecule has 5 nitrogen and oxygen atoms in total.